The zero-order chi connectivity index (χ0) is 23.6. The molecule has 0 unspecified atom stereocenters. The van der Waals surface area contributed by atoms with E-state index in [4.69, 9.17) is 11.6 Å². The van der Waals surface area contributed by atoms with E-state index in [0.717, 1.165) is 22.3 Å². The van der Waals surface area contributed by atoms with Gasteiger partial charge in [0, 0.05) is 31.0 Å². The number of likely N-dealkylation sites (N-methyl/N-ethyl adjacent to an activating group) is 1. The summed E-state index contributed by atoms with van der Waals surface area (Å²) in [6.07, 6.45) is 1.26. The Balaban J connectivity index is 1.90. The number of carbonyl (C=O) groups excluding carboxylic acids is 2. The Labute approximate surface area is 201 Å². The van der Waals surface area contributed by atoms with Crippen LogP contribution in [0, 0.1) is 6.92 Å². The maximum Gasteiger partial charge on any atom is 0.243 e. The van der Waals surface area contributed by atoms with Crippen LogP contribution < -0.4 is 5.32 Å². The lowest BCUT2D eigenvalue weighted by atomic mass is 10.0. The molecule has 0 saturated heterocycles. The van der Waals surface area contributed by atoms with Gasteiger partial charge in [-0.2, -0.15) is 0 Å². The van der Waals surface area contributed by atoms with Crippen molar-refractivity contribution in [3.05, 3.63) is 106 Å². The molecule has 0 aromatic heterocycles. The van der Waals surface area contributed by atoms with Gasteiger partial charge < -0.3 is 10.2 Å². The predicted octanol–water partition coefficient (Wildman–Crippen LogP) is 5.36. The molecule has 0 heterocycles. The third-order valence-corrected chi connectivity index (χ3v) is 5.99. The normalized spacial score (nSPS) is 11.6. The predicted molar refractivity (Wildman–Crippen MR) is 134 cm³/mol. The smallest absolute Gasteiger partial charge is 0.243 e. The molecule has 0 aliphatic rings. The molecule has 4 nitrogen and oxygen atoms in total. The van der Waals surface area contributed by atoms with Gasteiger partial charge >= 0.3 is 0 Å². The van der Waals surface area contributed by atoms with Crippen LogP contribution in [0.3, 0.4) is 0 Å². The summed E-state index contributed by atoms with van der Waals surface area (Å²) in [6, 6.07) is 24.9. The van der Waals surface area contributed by atoms with E-state index in [0.29, 0.717) is 31.0 Å². The van der Waals surface area contributed by atoms with Crippen molar-refractivity contribution >= 4 is 23.4 Å². The minimum atomic E-state index is -0.605. The zero-order valence-corrected chi connectivity index (χ0v) is 20.0. The highest BCUT2D eigenvalue weighted by atomic mass is 35.5. The number of amides is 2. The molecule has 172 valence electrons. The summed E-state index contributed by atoms with van der Waals surface area (Å²) >= 11 is 6.31. The summed E-state index contributed by atoms with van der Waals surface area (Å²) in [7, 11) is 0. The van der Waals surface area contributed by atoms with Crippen LogP contribution in [-0.2, 0) is 29.0 Å². The molecule has 0 saturated carbocycles. The third kappa shape index (κ3) is 7.19. The average molecular weight is 463 g/mol. The molecule has 0 aliphatic heterocycles. The summed E-state index contributed by atoms with van der Waals surface area (Å²) in [4.78, 5) is 28.4. The van der Waals surface area contributed by atoms with Crippen molar-refractivity contribution in [1.82, 2.24) is 10.2 Å². The Morgan fingerprint density at radius 1 is 0.939 bits per heavy atom. The summed E-state index contributed by atoms with van der Waals surface area (Å²) < 4.78 is 0. The fourth-order valence-corrected chi connectivity index (χ4v) is 4.17. The van der Waals surface area contributed by atoms with Crippen LogP contribution in [0.2, 0.25) is 5.02 Å². The second-order valence-corrected chi connectivity index (χ2v) is 8.61. The molecule has 3 aromatic rings. The number of benzene rings is 3. The maximum atomic E-state index is 13.6. The van der Waals surface area contributed by atoms with Crippen LogP contribution >= 0.6 is 11.6 Å². The maximum absolute atomic E-state index is 13.6. The van der Waals surface area contributed by atoms with Gasteiger partial charge in [0.25, 0.3) is 0 Å². The molecule has 0 radical (unpaired) electrons. The Bertz CT molecular complexity index is 1070. The Morgan fingerprint density at radius 3 is 2.33 bits per heavy atom. The molecule has 3 aromatic carbocycles. The third-order valence-electron chi connectivity index (χ3n) is 5.62. The van der Waals surface area contributed by atoms with Gasteiger partial charge in [0.15, 0.2) is 0 Å². The second kappa shape index (κ2) is 12.2. The first-order chi connectivity index (χ1) is 16.0. The van der Waals surface area contributed by atoms with Crippen molar-refractivity contribution in [2.45, 2.75) is 45.7 Å². The van der Waals surface area contributed by atoms with Crippen molar-refractivity contribution in [3.63, 3.8) is 0 Å². The molecule has 0 fully saturated rings. The fraction of sp³-hybridized carbons (Fsp3) is 0.286. The van der Waals surface area contributed by atoms with Gasteiger partial charge in [0.1, 0.15) is 6.04 Å². The molecule has 0 bridgehead atoms. The van der Waals surface area contributed by atoms with Crippen LogP contribution in [0.4, 0.5) is 0 Å². The summed E-state index contributed by atoms with van der Waals surface area (Å²) in [5.41, 5.74) is 4.07. The van der Waals surface area contributed by atoms with E-state index >= 15 is 0 Å². The van der Waals surface area contributed by atoms with Crippen molar-refractivity contribution in [3.8, 4) is 0 Å². The number of hydrogen-bond acceptors (Lipinski definition) is 2. The van der Waals surface area contributed by atoms with E-state index in [9.17, 15) is 9.59 Å². The van der Waals surface area contributed by atoms with E-state index in [1.54, 1.807) is 4.90 Å². The van der Waals surface area contributed by atoms with Crippen LogP contribution in [0.5, 0.6) is 0 Å². The number of nitrogens with zero attached hydrogens (tertiary/aromatic N) is 1. The van der Waals surface area contributed by atoms with Gasteiger partial charge in [-0.05, 0) is 43.0 Å². The van der Waals surface area contributed by atoms with E-state index < -0.39 is 6.04 Å². The van der Waals surface area contributed by atoms with Crippen molar-refractivity contribution in [1.29, 1.82) is 0 Å². The zero-order valence-electron chi connectivity index (χ0n) is 19.3. The molecule has 1 atom stereocenters. The Kier molecular flexibility index (Phi) is 9.08. The molecular weight excluding hydrogens is 432 g/mol. The van der Waals surface area contributed by atoms with Crippen molar-refractivity contribution in [2.75, 3.05) is 6.54 Å². The van der Waals surface area contributed by atoms with Crippen molar-refractivity contribution in [2.24, 2.45) is 0 Å². The van der Waals surface area contributed by atoms with E-state index in [2.05, 4.69) is 11.4 Å². The van der Waals surface area contributed by atoms with E-state index in [1.807, 2.05) is 86.6 Å². The van der Waals surface area contributed by atoms with Gasteiger partial charge in [-0.1, -0.05) is 90.0 Å². The lowest BCUT2D eigenvalue weighted by molar-refractivity contribution is -0.141. The van der Waals surface area contributed by atoms with Crippen LogP contribution in [0.15, 0.2) is 78.9 Å². The number of nitrogens with one attached hydrogen (secondary N) is 1. The quantitative estimate of drug-likeness (QED) is 0.441. The van der Waals surface area contributed by atoms with Gasteiger partial charge in [-0.15, -0.1) is 0 Å². The van der Waals surface area contributed by atoms with Crippen LogP contribution in [-0.4, -0.2) is 29.3 Å². The van der Waals surface area contributed by atoms with Gasteiger partial charge in [-0.3, -0.25) is 9.59 Å². The molecular formula is C28H31ClN2O2. The standard InChI is InChI=1S/C28H31ClN2O2/c1-3-30-28(33)26(19-22-11-5-4-6-12-22)31(20-23-13-9-10-21(2)18-23)27(32)17-16-24-14-7-8-15-25(24)29/h4-15,18,26H,3,16-17,19-20H2,1-2H3,(H,30,33)/t26-/m1/s1. The lowest BCUT2D eigenvalue weighted by Gasteiger charge is -2.31. The first-order valence-electron chi connectivity index (χ1n) is 11.4. The highest BCUT2D eigenvalue weighted by Gasteiger charge is 2.30. The number of halogens is 1. The SMILES string of the molecule is CCNC(=O)[C@@H](Cc1ccccc1)N(Cc1cccc(C)c1)C(=O)CCc1ccccc1Cl. The molecule has 33 heavy (non-hydrogen) atoms. The molecule has 2 amide bonds. The number of aryl methyl sites for hydroxylation is 2. The van der Waals surface area contributed by atoms with E-state index in [1.165, 1.54) is 0 Å². The number of hydrogen-bond donors (Lipinski definition) is 1. The molecule has 0 spiro atoms. The molecule has 5 heteroatoms. The highest BCUT2D eigenvalue weighted by Crippen LogP contribution is 2.20. The molecule has 1 N–H and O–H groups in total. The Morgan fingerprint density at radius 2 is 1.64 bits per heavy atom. The molecule has 3 rings (SSSR count). The number of rotatable bonds is 10. The second-order valence-electron chi connectivity index (χ2n) is 8.20. The van der Waals surface area contributed by atoms with Gasteiger partial charge in [-0.25, -0.2) is 0 Å². The monoisotopic (exact) mass is 462 g/mol. The van der Waals surface area contributed by atoms with Gasteiger partial charge in [0.05, 0.1) is 0 Å². The minimum absolute atomic E-state index is 0.0661. The van der Waals surface area contributed by atoms with Crippen LogP contribution in [0.1, 0.15) is 35.6 Å². The highest BCUT2D eigenvalue weighted by molar-refractivity contribution is 6.31. The first-order valence-corrected chi connectivity index (χ1v) is 11.8. The Hall–Kier alpha value is -3.11. The number of carbonyl (C=O) groups is 2. The fourth-order valence-electron chi connectivity index (χ4n) is 3.94. The van der Waals surface area contributed by atoms with Gasteiger partial charge in [0.2, 0.25) is 11.8 Å². The molecule has 0 aliphatic carbocycles. The topological polar surface area (TPSA) is 49.4 Å². The first kappa shape index (κ1) is 24.5. The van der Waals surface area contributed by atoms with Crippen molar-refractivity contribution < 1.29 is 9.59 Å². The summed E-state index contributed by atoms with van der Waals surface area (Å²) in [5, 5.41) is 3.58. The lowest BCUT2D eigenvalue weighted by Crippen LogP contribution is -2.50. The summed E-state index contributed by atoms with van der Waals surface area (Å²) in [5.74, 6) is -0.205. The van der Waals surface area contributed by atoms with Crippen LogP contribution in [0.25, 0.3) is 0 Å². The largest absolute Gasteiger partial charge is 0.355 e. The average Bonchev–Trinajstić information content (AvgIpc) is 2.81. The minimum Gasteiger partial charge on any atom is -0.355 e. The van der Waals surface area contributed by atoms with E-state index in [-0.39, 0.29) is 18.2 Å². The summed E-state index contributed by atoms with van der Waals surface area (Å²) in [6.45, 7) is 4.80.